The number of carbonyl (C=O) groups excluding carboxylic acids is 2. The van der Waals surface area contributed by atoms with Gasteiger partial charge in [-0.05, 0) is 55.3 Å². The summed E-state index contributed by atoms with van der Waals surface area (Å²) in [7, 11) is -4.35. The fourth-order valence-electron chi connectivity index (χ4n) is 3.79. The molecule has 3 aromatic rings. The third kappa shape index (κ3) is 7.16. The molecule has 1 N–H and O–H groups in total. The lowest BCUT2D eigenvalue weighted by atomic mass is 10.1. The van der Waals surface area contributed by atoms with Crippen LogP contribution in [0.15, 0.2) is 83.8 Å². The summed E-state index contributed by atoms with van der Waals surface area (Å²) in [4.78, 5) is 27.7. The van der Waals surface area contributed by atoms with Crippen LogP contribution < -0.4 is 9.62 Å². The van der Waals surface area contributed by atoms with Crippen molar-refractivity contribution in [3.8, 4) is 0 Å². The monoisotopic (exact) mass is 543 g/mol. The molecule has 0 radical (unpaired) electrons. The Morgan fingerprint density at radius 1 is 0.921 bits per heavy atom. The van der Waals surface area contributed by atoms with E-state index in [0.717, 1.165) is 18.9 Å². The van der Waals surface area contributed by atoms with Crippen molar-refractivity contribution < 1.29 is 26.8 Å². The zero-order chi connectivity index (χ0) is 27.7. The first-order valence-corrected chi connectivity index (χ1v) is 13.7. The molecule has 0 unspecified atom stereocenters. The highest BCUT2D eigenvalue weighted by Gasteiger charge is 2.33. The molecule has 3 aromatic carbocycles. The quantitative estimate of drug-likeness (QED) is 0.341. The topological polar surface area (TPSA) is 86.8 Å². The number of benzene rings is 3. The Balaban J connectivity index is 1.99. The second-order valence-corrected chi connectivity index (χ2v) is 10.6. The summed E-state index contributed by atoms with van der Waals surface area (Å²) in [6, 6.07) is 17.1. The first-order valence-electron chi connectivity index (χ1n) is 12.3. The second-order valence-electron chi connectivity index (χ2n) is 8.74. The lowest BCUT2D eigenvalue weighted by molar-refractivity contribution is -0.139. The van der Waals surface area contributed by atoms with Gasteiger partial charge < -0.3 is 10.2 Å². The molecular weight excluding hydrogens is 512 g/mol. The first-order chi connectivity index (χ1) is 18.1. The Hall–Kier alpha value is -3.79. The van der Waals surface area contributed by atoms with Crippen molar-refractivity contribution in [1.82, 2.24) is 10.2 Å². The van der Waals surface area contributed by atoms with Crippen LogP contribution in [0.4, 0.5) is 14.5 Å². The summed E-state index contributed by atoms with van der Waals surface area (Å²) in [5.41, 5.74) is 0.239. The molecular formula is C28H31F2N3O4S. The van der Waals surface area contributed by atoms with E-state index in [0.29, 0.717) is 16.4 Å². The maximum Gasteiger partial charge on any atom is 0.264 e. The van der Waals surface area contributed by atoms with Crippen LogP contribution in [0.1, 0.15) is 32.3 Å². The summed E-state index contributed by atoms with van der Waals surface area (Å²) in [6.07, 6.45) is 1.61. The number of para-hydroxylation sites is 1. The molecule has 1 atom stereocenters. The van der Waals surface area contributed by atoms with Gasteiger partial charge in [0.05, 0.1) is 10.6 Å². The number of halogens is 2. The van der Waals surface area contributed by atoms with Gasteiger partial charge in [-0.3, -0.25) is 13.9 Å². The second kappa shape index (κ2) is 13.1. The van der Waals surface area contributed by atoms with Crippen molar-refractivity contribution in [3.63, 3.8) is 0 Å². The molecule has 7 nitrogen and oxygen atoms in total. The van der Waals surface area contributed by atoms with E-state index in [2.05, 4.69) is 5.32 Å². The molecule has 0 spiro atoms. The van der Waals surface area contributed by atoms with Gasteiger partial charge in [-0.15, -0.1) is 0 Å². The minimum absolute atomic E-state index is 0.0853. The van der Waals surface area contributed by atoms with Gasteiger partial charge in [0.15, 0.2) is 0 Å². The van der Waals surface area contributed by atoms with E-state index in [1.54, 1.807) is 6.07 Å². The zero-order valence-electron chi connectivity index (χ0n) is 21.3. The van der Waals surface area contributed by atoms with Gasteiger partial charge in [-0.1, -0.05) is 55.8 Å². The molecule has 0 aromatic heterocycles. The minimum atomic E-state index is -4.35. The number of unbranched alkanes of at least 4 members (excludes halogenated alkanes) is 1. The lowest BCUT2D eigenvalue weighted by Crippen LogP contribution is -2.51. The number of rotatable bonds is 12. The van der Waals surface area contributed by atoms with Crippen molar-refractivity contribution in [3.05, 3.63) is 96.1 Å². The smallest absolute Gasteiger partial charge is 0.264 e. The van der Waals surface area contributed by atoms with Crippen LogP contribution >= 0.6 is 0 Å². The van der Waals surface area contributed by atoms with Gasteiger partial charge in [0.2, 0.25) is 11.8 Å². The fourth-order valence-corrected chi connectivity index (χ4v) is 5.24. The maximum absolute atomic E-state index is 14.9. The normalized spacial score (nSPS) is 12.0. The Bertz CT molecular complexity index is 1340. The van der Waals surface area contributed by atoms with E-state index < -0.39 is 46.1 Å². The van der Waals surface area contributed by atoms with Crippen LogP contribution in [0.25, 0.3) is 0 Å². The van der Waals surface area contributed by atoms with E-state index in [1.165, 1.54) is 78.6 Å². The highest BCUT2D eigenvalue weighted by atomic mass is 32.2. The SMILES string of the molecule is CCCCNC(=O)[C@H](C)N(Cc1ccc(F)cc1)C(=O)CN(c1ccccc1F)S(=O)(=O)c1ccccc1. The highest BCUT2D eigenvalue weighted by molar-refractivity contribution is 7.92. The summed E-state index contributed by atoms with van der Waals surface area (Å²) in [6.45, 7) is 3.08. The standard InChI is InChI=1S/C28H31F2N3O4S/c1-3-4-18-31-28(35)21(2)32(19-22-14-16-23(29)17-15-22)27(34)20-33(26-13-9-8-12-25(26)30)38(36,37)24-10-6-5-7-11-24/h5-17,21H,3-4,18-20H2,1-2H3,(H,31,35)/t21-/m0/s1. The Morgan fingerprint density at radius 3 is 2.18 bits per heavy atom. The number of hydrogen-bond acceptors (Lipinski definition) is 4. The van der Waals surface area contributed by atoms with E-state index in [9.17, 15) is 26.8 Å². The van der Waals surface area contributed by atoms with Gasteiger partial charge >= 0.3 is 0 Å². The molecule has 3 rings (SSSR count). The Kier molecular flexibility index (Phi) is 9.95. The van der Waals surface area contributed by atoms with Crippen LogP contribution in [0.5, 0.6) is 0 Å². The van der Waals surface area contributed by atoms with Crippen molar-refractivity contribution in [2.45, 2.75) is 44.2 Å². The number of nitrogens with zero attached hydrogens (tertiary/aromatic N) is 2. The number of anilines is 1. The van der Waals surface area contributed by atoms with Crippen LogP contribution in [-0.2, 0) is 26.2 Å². The largest absolute Gasteiger partial charge is 0.354 e. The molecule has 0 fully saturated rings. The van der Waals surface area contributed by atoms with Crippen LogP contribution in [0, 0.1) is 11.6 Å². The predicted molar refractivity (Wildman–Crippen MR) is 142 cm³/mol. The van der Waals surface area contributed by atoms with Crippen molar-refractivity contribution in [2.24, 2.45) is 0 Å². The summed E-state index contributed by atoms with van der Waals surface area (Å²) in [5.74, 6) is -2.43. The first kappa shape index (κ1) is 28.8. The number of hydrogen-bond donors (Lipinski definition) is 1. The summed E-state index contributed by atoms with van der Waals surface area (Å²) < 4.78 is 56.2. The average Bonchev–Trinajstić information content (AvgIpc) is 2.92. The zero-order valence-corrected chi connectivity index (χ0v) is 22.1. The van der Waals surface area contributed by atoms with Crippen molar-refractivity contribution in [2.75, 3.05) is 17.4 Å². The molecule has 0 heterocycles. The molecule has 10 heteroatoms. The molecule has 202 valence electrons. The number of nitrogens with one attached hydrogen (secondary N) is 1. The van der Waals surface area contributed by atoms with Crippen molar-refractivity contribution in [1.29, 1.82) is 0 Å². The molecule has 0 bridgehead atoms. The summed E-state index contributed by atoms with van der Waals surface area (Å²) >= 11 is 0. The minimum Gasteiger partial charge on any atom is -0.354 e. The Labute approximate surface area is 222 Å². The molecule has 0 aliphatic carbocycles. The van der Waals surface area contributed by atoms with Gasteiger partial charge in [0, 0.05) is 13.1 Å². The van der Waals surface area contributed by atoms with Crippen LogP contribution in [-0.4, -0.2) is 44.3 Å². The summed E-state index contributed by atoms with van der Waals surface area (Å²) in [5, 5.41) is 2.78. The van der Waals surface area contributed by atoms with Gasteiger partial charge in [-0.25, -0.2) is 17.2 Å². The van der Waals surface area contributed by atoms with E-state index >= 15 is 0 Å². The number of carbonyl (C=O) groups is 2. The molecule has 38 heavy (non-hydrogen) atoms. The highest BCUT2D eigenvalue weighted by Crippen LogP contribution is 2.26. The van der Waals surface area contributed by atoms with E-state index in [-0.39, 0.29) is 17.1 Å². The molecule has 0 saturated carbocycles. The number of amides is 2. The molecule has 0 aliphatic rings. The molecule has 2 amide bonds. The lowest BCUT2D eigenvalue weighted by Gasteiger charge is -2.32. The van der Waals surface area contributed by atoms with Crippen LogP contribution in [0.3, 0.4) is 0 Å². The third-order valence-electron chi connectivity index (χ3n) is 5.99. The number of sulfonamides is 1. The third-order valence-corrected chi connectivity index (χ3v) is 7.77. The maximum atomic E-state index is 14.9. The van der Waals surface area contributed by atoms with E-state index in [1.807, 2.05) is 6.92 Å². The van der Waals surface area contributed by atoms with Gasteiger partial charge in [-0.2, -0.15) is 0 Å². The van der Waals surface area contributed by atoms with Gasteiger partial charge in [0.1, 0.15) is 24.2 Å². The molecule has 0 aliphatic heterocycles. The predicted octanol–water partition coefficient (Wildman–Crippen LogP) is 4.49. The average molecular weight is 544 g/mol. The Morgan fingerprint density at radius 2 is 1.55 bits per heavy atom. The fraction of sp³-hybridized carbons (Fsp3) is 0.286. The van der Waals surface area contributed by atoms with E-state index in [4.69, 9.17) is 0 Å². The van der Waals surface area contributed by atoms with Crippen LogP contribution in [0.2, 0.25) is 0 Å². The molecule has 0 saturated heterocycles. The van der Waals surface area contributed by atoms with Gasteiger partial charge in [0.25, 0.3) is 10.0 Å². The van der Waals surface area contributed by atoms with Crippen molar-refractivity contribution >= 4 is 27.5 Å².